The van der Waals surface area contributed by atoms with Gasteiger partial charge in [-0.3, -0.25) is 4.79 Å². The second-order valence-electron chi connectivity index (χ2n) is 6.45. The summed E-state index contributed by atoms with van der Waals surface area (Å²) in [5.74, 6) is -0.0435. The molecule has 1 aliphatic rings. The second-order valence-corrected chi connectivity index (χ2v) is 6.45. The fourth-order valence-corrected chi connectivity index (χ4v) is 3.42. The van der Waals surface area contributed by atoms with Crippen LogP contribution in [-0.4, -0.2) is 36.3 Å². The number of fused-ring (bicyclic) bond motifs is 1. The predicted molar refractivity (Wildman–Crippen MR) is 88.7 cm³/mol. The van der Waals surface area contributed by atoms with Crippen LogP contribution in [0, 0.1) is 6.92 Å². The van der Waals surface area contributed by atoms with E-state index in [1.54, 1.807) is 23.4 Å². The highest BCUT2D eigenvalue weighted by atomic mass is 16.1. The number of nitrogens with zero attached hydrogens (tertiary/aromatic N) is 5. The second kappa shape index (κ2) is 6.07. The lowest BCUT2D eigenvalue weighted by Crippen LogP contribution is -2.38. The fourth-order valence-electron chi connectivity index (χ4n) is 3.42. The van der Waals surface area contributed by atoms with Gasteiger partial charge in [0, 0.05) is 12.2 Å². The Labute approximate surface area is 139 Å². The molecule has 0 spiro atoms. The molecule has 124 valence electrons. The SMILES string of the molecule is Cc1ccc2c(C(=O)NC3CCC(n4cncn4)CC3)cnn2c1. The molecule has 3 aromatic heterocycles. The summed E-state index contributed by atoms with van der Waals surface area (Å²) in [4.78, 5) is 16.6. The smallest absolute Gasteiger partial charge is 0.255 e. The molecular weight excluding hydrogens is 304 g/mol. The molecule has 0 radical (unpaired) electrons. The van der Waals surface area contributed by atoms with Crippen LogP contribution in [0.15, 0.2) is 37.2 Å². The highest BCUT2D eigenvalue weighted by Gasteiger charge is 2.25. The van der Waals surface area contributed by atoms with Crippen LogP contribution < -0.4 is 5.32 Å². The van der Waals surface area contributed by atoms with E-state index in [2.05, 4.69) is 20.5 Å². The van der Waals surface area contributed by atoms with Crippen LogP contribution in [0.3, 0.4) is 0 Å². The Morgan fingerprint density at radius 2 is 2.04 bits per heavy atom. The molecule has 0 bridgehead atoms. The zero-order valence-corrected chi connectivity index (χ0v) is 13.6. The van der Waals surface area contributed by atoms with Crippen molar-refractivity contribution < 1.29 is 4.79 Å². The number of nitrogens with one attached hydrogen (secondary N) is 1. The monoisotopic (exact) mass is 324 g/mol. The molecule has 0 aromatic carbocycles. The lowest BCUT2D eigenvalue weighted by Gasteiger charge is -2.28. The van der Waals surface area contributed by atoms with Gasteiger partial charge in [0.25, 0.3) is 5.91 Å². The largest absolute Gasteiger partial charge is 0.349 e. The van der Waals surface area contributed by atoms with Crippen LogP contribution in [-0.2, 0) is 0 Å². The number of amides is 1. The Kier molecular flexibility index (Phi) is 3.76. The first-order chi connectivity index (χ1) is 11.7. The van der Waals surface area contributed by atoms with Crippen LogP contribution in [0.4, 0.5) is 0 Å². The molecule has 4 rings (SSSR count). The molecule has 0 atom stereocenters. The molecule has 3 aromatic rings. The van der Waals surface area contributed by atoms with Gasteiger partial charge in [-0.25, -0.2) is 14.2 Å². The summed E-state index contributed by atoms with van der Waals surface area (Å²) in [6, 6.07) is 4.54. The van der Waals surface area contributed by atoms with Gasteiger partial charge in [0.1, 0.15) is 12.7 Å². The van der Waals surface area contributed by atoms with Crippen molar-refractivity contribution in [3.05, 3.63) is 48.3 Å². The average Bonchev–Trinajstić information content (AvgIpc) is 3.24. The third kappa shape index (κ3) is 2.77. The van der Waals surface area contributed by atoms with Gasteiger partial charge in [-0.15, -0.1) is 0 Å². The minimum atomic E-state index is -0.0435. The minimum Gasteiger partial charge on any atom is -0.349 e. The van der Waals surface area contributed by atoms with Crippen LogP contribution in [0.5, 0.6) is 0 Å². The van der Waals surface area contributed by atoms with Gasteiger partial charge in [0.05, 0.1) is 23.3 Å². The molecular formula is C17H20N6O. The van der Waals surface area contributed by atoms with E-state index in [1.165, 1.54) is 0 Å². The zero-order chi connectivity index (χ0) is 16.5. The van der Waals surface area contributed by atoms with E-state index in [0.717, 1.165) is 36.8 Å². The lowest BCUT2D eigenvalue weighted by molar-refractivity contribution is 0.0923. The van der Waals surface area contributed by atoms with E-state index in [-0.39, 0.29) is 11.9 Å². The van der Waals surface area contributed by atoms with Crippen molar-refractivity contribution in [3.63, 3.8) is 0 Å². The van der Waals surface area contributed by atoms with Crippen LogP contribution in [0.25, 0.3) is 5.52 Å². The minimum absolute atomic E-state index is 0.0435. The highest BCUT2D eigenvalue weighted by Crippen LogP contribution is 2.27. The number of hydrogen-bond donors (Lipinski definition) is 1. The molecule has 3 heterocycles. The Balaban J connectivity index is 1.41. The van der Waals surface area contributed by atoms with Gasteiger partial charge in [-0.05, 0) is 44.2 Å². The van der Waals surface area contributed by atoms with Crippen LogP contribution in [0.1, 0.15) is 47.6 Å². The molecule has 0 unspecified atom stereocenters. The quantitative estimate of drug-likeness (QED) is 0.801. The summed E-state index contributed by atoms with van der Waals surface area (Å²) in [6.45, 7) is 2.01. The third-order valence-electron chi connectivity index (χ3n) is 4.75. The van der Waals surface area contributed by atoms with Gasteiger partial charge in [0.2, 0.25) is 0 Å². The normalized spacial score (nSPS) is 21.0. The number of aryl methyl sites for hydroxylation is 1. The van der Waals surface area contributed by atoms with Crippen molar-refractivity contribution in [2.45, 2.75) is 44.7 Å². The number of hydrogen-bond acceptors (Lipinski definition) is 4. The summed E-state index contributed by atoms with van der Waals surface area (Å²) in [7, 11) is 0. The third-order valence-corrected chi connectivity index (χ3v) is 4.75. The number of carbonyl (C=O) groups excluding carboxylic acids is 1. The first kappa shape index (κ1) is 14.9. The number of aromatic nitrogens is 5. The van der Waals surface area contributed by atoms with Crippen LogP contribution >= 0.6 is 0 Å². The topological polar surface area (TPSA) is 77.1 Å². The molecule has 0 aliphatic heterocycles. The van der Waals surface area contributed by atoms with Crippen molar-refractivity contribution >= 4 is 11.4 Å². The molecule has 24 heavy (non-hydrogen) atoms. The highest BCUT2D eigenvalue weighted by molar-refractivity contribution is 6.00. The van der Waals surface area contributed by atoms with E-state index >= 15 is 0 Å². The van der Waals surface area contributed by atoms with Crippen molar-refractivity contribution in [1.82, 2.24) is 29.7 Å². The Morgan fingerprint density at radius 3 is 2.79 bits per heavy atom. The first-order valence-corrected chi connectivity index (χ1v) is 8.29. The molecule has 1 N–H and O–H groups in total. The molecule has 1 amide bonds. The summed E-state index contributed by atoms with van der Waals surface area (Å²) in [6.07, 6.45) is 10.8. The van der Waals surface area contributed by atoms with E-state index in [0.29, 0.717) is 11.6 Å². The summed E-state index contributed by atoms with van der Waals surface area (Å²) in [5, 5.41) is 11.6. The first-order valence-electron chi connectivity index (χ1n) is 8.29. The zero-order valence-electron chi connectivity index (χ0n) is 13.6. The van der Waals surface area contributed by atoms with E-state index in [4.69, 9.17) is 0 Å². The fraction of sp³-hybridized carbons (Fsp3) is 0.412. The Bertz CT molecular complexity index is 845. The van der Waals surface area contributed by atoms with Crippen molar-refractivity contribution in [3.8, 4) is 0 Å². The number of rotatable bonds is 3. The van der Waals surface area contributed by atoms with E-state index < -0.39 is 0 Å². The molecule has 0 saturated heterocycles. The van der Waals surface area contributed by atoms with E-state index in [9.17, 15) is 4.79 Å². The lowest BCUT2D eigenvalue weighted by atomic mass is 9.91. The summed E-state index contributed by atoms with van der Waals surface area (Å²) < 4.78 is 3.68. The van der Waals surface area contributed by atoms with Gasteiger partial charge < -0.3 is 5.32 Å². The molecule has 1 aliphatic carbocycles. The Morgan fingerprint density at radius 1 is 1.21 bits per heavy atom. The standard InChI is InChI=1S/C17H20N6O/c1-12-2-7-16-15(8-19-22(16)9-12)17(24)21-13-3-5-14(6-4-13)23-11-18-10-20-23/h2,7-11,13-14H,3-6H2,1H3,(H,21,24). The van der Waals surface area contributed by atoms with Crippen molar-refractivity contribution in [2.75, 3.05) is 0 Å². The summed E-state index contributed by atoms with van der Waals surface area (Å²) in [5.41, 5.74) is 2.59. The molecule has 7 nitrogen and oxygen atoms in total. The predicted octanol–water partition coefficient (Wildman–Crippen LogP) is 2.15. The maximum atomic E-state index is 12.6. The average molecular weight is 324 g/mol. The van der Waals surface area contributed by atoms with E-state index in [1.807, 2.05) is 29.9 Å². The van der Waals surface area contributed by atoms with Crippen molar-refractivity contribution in [2.24, 2.45) is 0 Å². The van der Waals surface area contributed by atoms with Gasteiger partial charge in [-0.2, -0.15) is 10.2 Å². The van der Waals surface area contributed by atoms with Crippen LogP contribution in [0.2, 0.25) is 0 Å². The summed E-state index contributed by atoms with van der Waals surface area (Å²) >= 11 is 0. The Hall–Kier alpha value is -2.70. The number of carbonyl (C=O) groups is 1. The van der Waals surface area contributed by atoms with Gasteiger partial charge in [0.15, 0.2) is 0 Å². The maximum Gasteiger partial charge on any atom is 0.255 e. The molecule has 7 heteroatoms. The van der Waals surface area contributed by atoms with Crippen molar-refractivity contribution in [1.29, 1.82) is 0 Å². The molecule has 1 saturated carbocycles. The van der Waals surface area contributed by atoms with Gasteiger partial charge >= 0.3 is 0 Å². The van der Waals surface area contributed by atoms with Gasteiger partial charge in [-0.1, -0.05) is 6.07 Å². The maximum absolute atomic E-state index is 12.6. The number of pyridine rings is 1. The molecule has 1 fully saturated rings.